The lowest BCUT2D eigenvalue weighted by Crippen LogP contribution is -2.41. The molecule has 24 heavy (non-hydrogen) atoms. The third-order valence-corrected chi connectivity index (χ3v) is 5.18. The van der Waals surface area contributed by atoms with E-state index in [-0.39, 0.29) is 24.2 Å². The number of hydrogen-bond donors (Lipinski definition) is 2. The third-order valence-electron chi connectivity index (χ3n) is 4.95. The first kappa shape index (κ1) is 17.7. The summed E-state index contributed by atoms with van der Waals surface area (Å²) in [7, 11) is 0. The number of ether oxygens (including phenoxy) is 1. The summed E-state index contributed by atoms with van der Waals surface area (Å²) in [5, 5.41) is 3.80. The number of carbonyl (C=O) groups is 1. The molecule has 0 radical (unpaired) electrons. The fraction of sp³-hybridized carbons (Fsp3) is 0.611. The van der Waals surface area contributed by atoms with Crippen molar-refractivity contribution in [1.82, 2.24) is 10.2 Å². The molecular formula is C18H26ClN3O2. The van der Waals surface area contributed by atoms with Gasteiger partial charge in [0.15, 0.2) is 0 Å². The summed E-state index contributed by atoms with van der Waals surface area (Å²) in [4.78, 5) is 14.8. The fourth-order valence-electron chi connectivity index (χ4n) is 3.61. The lowest BCUT2D eigenvalue weighted by molar-refractivity contribution is -0.132. The van der Waals surface area contributed by atoms with E-state index in [2.05, 4.69) is 16.3 Å². The van der Waals surface area contributed by atoms with Crippen LogP contribution in [0.15, 0.2) is 24.3 Å². The Morgan fingerprint density at radius 1 is 1.38 bits per heavy atom. The largest absolute Gasteiger partial charge is 0.364 e. The molecule has 2 aliphatic rings. The molecule has 2 saturated heterocycles. The first-order valence-electron chi connectivity index (χ1n) is 8.80. The van der Waals surface area contributed by atoms with E-state index in [1.807, 2.05) is 18.2 Å². The SMILES string of the molecule is NC[C@H]1CC[C@@H](C(=O)NCC(c2cccc(Cl)c2)N2CCCC2)O1. The second-order valence-corrected chi connectivity index (χ2v) is 7.06. The van der Waals surface area contributed by atoms with Crippen LogP contribution in [0.2, 0.25) is 5.02 Å². The number of likely N-dealkylation sites (tertiary alicyclic amines) is 1. The lowest BCUT2D eigenvalue weighted by atomic mass is 10.1. The van der Waals surface area contributed by atoms with Gasteiger partial charge in [0.05, 0.1) is 12.1 Å². The predicted molar refractivity (Wildman–Crippen MR) is 95.0 cm³/mol. The maximum atomic E-state index is 12.4. The van der Waals surface area contributed by atoms with Crippen LogP contribution in [-0.2, 0) is 9.53 Å². The van der Waals surface area contributed by atoms with Gasteiger partial charge in [-0.05, 0) is 56.5 Å². The van der Waals surface area contributed by atoms with Gasteiger partial charge in [-0.3, -0.25) is 9.69 Å². The maximum absolute atomic E-state index is 12.4. The number of carbonyl (C=O) groups excluding carboxylic acids is 1. The van der Waals surface area contributed by atoms with Crippen molar-refractivity contribution in [1.29, 1.82) is 0 Å². The molecule has 132 valence electrons. The second-order valence-electron chi connectivity index (χ2n) is 6.62. The number of rotatable bonds is 6. The monoisotopic (exact) mass is 351 g/mol. The number of nitrogens with zero attached hydrogens (tertiary/aromatic N) is 1. The zero-order valence-corrected chi connectivity index (χ0v) is 14.7. The molecule has 0 spiro atoms. The van der Waals surface area contributed by atoms with Gasteiger partial charge in [-0.25, -0.2) is 0 Å². The number of nitrogens with one attached hydrogen (secondary N) is 1. The van der Waals surface area contributed by atoms with Crippen LogP contribution in [0.3, 0.4) is 0 Å². The standard InChI is InChI=1S/C18H26ClN3O2/c19-14-5-3-4-13(10-14)16(22-8-1-2-9-22)12-21-18(23)17-7-6-15(11-20)24-17/h3-5,10,15-17H,1-2,6-9,11-12,20H2,(H,21,23)/t15-,16?,17+/m1/s1. The molecule has 1 unspecified atom stereocenters. The van der Waals surface area contributed by atoms with Gasteiger partial charge >= 0.3 is 0 Å². The van der Waals surface area contributed by atoms with Gasteiger partial charge in [0.2, 0.25) is 5.91 Å². The molecule has 1 aromatic rings. The van der Waals surface area contributed by atoms with Gasteiger partial charge in [-0.15, -0.1) is 0 Å². The highest BCUT2D eigenvalue weighted by molar-refractivity contribution is 6.30. The van der Waals surface area contributed by atoms with Gasteiger partial charge in [-0.1, -0.05) is 23.7 Å². The van der Waals surface area contributed by atoms with Gasteiger partial charge in [0.1, 0.15) is 6.10 Å². The first-order chi connectivity index (χ1) is 11.7. The maximum Gasteiger partial charge on any atom is 0.249 e. The molecule has 3 N–H and O–H groups in total. The molecule has 2 fully saturated rings. The minimum absolute atomic E-state index is 0.0167. The highest BCUT2D eigenvalue weighted by Crippen LogP contribution is 2.27. The number of halogens is 1. The molecule has 6 heteroatoms. The van der Waals surface area contributed by atoms with Gasteiger partial charge in [-0.2, -0.15) is 0 Å². The average molecular weight is 352 g/mol. The van der Waals surface area contributed by atoms with Crippen molar-refractivity contribution in [2.45, 2.75) is 43.9 Å². The molecule has 0 bridgehead atoms. The Labute approximate surface area is 148 Å². The molecule has 0 aromatic heterocycles. The van der Waals surface area contributed by atoms with E-state index in [0.717, 1.165) is 36.5 Å². The zero-order valence-electron chi connectivity index (χ0n) is 13.9. The molecule has 3 rings (SSSR count). The van der Waals surface area contributed by atoms with Crippen molar-refractivity contribution in [2.75, 3.05) is 26.2 Å². The van der Waals surface area contributed by atoms with Gasteiger partial charge < -0.3 is 15.8 Å². The number of nitrogens with two attached hydrogens (primary N) is 1. The smallest absolute Gasteiger partial charge is 0.249 e. The molecule has 5 nitrogen and oxygen atoms in total. The van der Waals surface area contributed by atoms with Crippen molar-refractivity contribution >= 4 is 17.5 Å². The van der Waals surface area contributed by atoms with E-state index >= 15 is 0 Å². The minimum atomic E-state index is -0.364. The minimum Gasteiger partial charge on any atom is -0.364 e. The number of hydrogen-bond acceptors (Lipinski definition) is 4. The molecule has 2 aliphatic heterocycles. The van der Waals surface area contributed by atoms with Crippen LogP contribution in [0.5, 0.6) is 0 Å². The van der Waals surface area contributed by atoms with Crippen LogP contribution in [-0.4, -0.2) is 49.2 Å². The summed E-state index contributed by atoms with van der Waals surface area (Å²) in [6.45, 7) is 3.17. The Hall–Kier alpha value is -1.14. The Morgan fingerprint density at radius 3 is 2.83 bits per heavy atom. The topological polar surface area (TPSA) is 67.6 Å². The molecule has 2 heterocycles. The summed E-state index contributed by atoms with van der Waals surface area (Å²) in [6, 6.07) is 8.07. The fourth-order valence-corrected chi connectivity index (χ4v) is 3.81. The van der Waals surface area contributed by atoms with Gasteiger partial charge in [0, 0.05) is 18.1 Å². The molecule has 0 saturated carbocycles. The van der Waals surface area contributed by atoms with Crippen molar-refractivity contribution in [3.05, 3.63) is 34.9 Å². The molecule has 1 amide bonds. The Balaban J connectivity index is 1.63. The van der Waals surface area contributed by atoms with Crippen molar-refractivity contribution in [3.63, 3.8) is 0 Å². The highest BCUT2D eigenvalue weighted by atomic mass is 35.5. The molecule has 3 atom stereocenters. The van der Waals surface area contributed by atoms with E-state index in [1.165, 1.54) is 12.8 Å². The van der Waals surface area contributed by atoms with Crippen molar-refractivity contribution in [3.8, 4) is 0 Å². The summed E-state index contributed by atoms with van der Waals surface area (Å²) in [6.07, 6.45) is 3.67. The summed E-state index contributed by atoms with van der Waals surface area (Å²) in [5.41, 5.74) is 6.77. The normalized spacial score (nSPS) is 25.8. The van der Waals surface area contributed by atoms with Crippen LogP contribution in [0.1, 0.15) is 37.3 Å². The summed E-state index contributed by atoms with van der Waals surface area (Å²) < 4.78 is 5.68. The van der Waals surface area contributed by atoms with Crippen LogP contribution >= 0.6 is 11.6 Å². The third kappa shape index (κ3) is 4.28. The average Bonchev–Trinajstić information content (AvgIpc) is 3.27. The number of benzene rings is 1. The van der Waals surface area contributed by atoms with Crippen molar-refractivity contribution in [2.24, 2.45) is 5.73 Å². The Morgan fingerprint density at radius 2 is 2.17 bits per heavy atom. The van der Waals surface area contributed by atoms with Crippen LogP contribution in [0.25, 0.3) is 0 Å². The Bertz CT molecular complexity index is 563. The molecule has 0 aliphatic carbocycles. The lowest BCUT2D eigenvalue weighted by Gasteiger charge is -2.28. The van der Waals surface area contributed by atoms with E-state index < -0.39 is 0 Å². The van der Waals surface area contributed by atoms with E-state index in [1.54, 1.807) is 0 Å². The van der Waals surface area contributed by atoms with E-state index in [0.29, 0.717) is 13.1 Å². The first-order valence-corrected chi connectivity index (χ1v) is 9.18. The van der Waals surface area contributed by atoms with Crippen molar-refractivity contribution < 1.29 is 9.53 Å². The van der Waals surface area contributed by atoms with Crippen LogP contribution < -0.4 is 11.1 Å². The van der Waals surface area contributed by atoms with Crippen LogP contribution in [0, 0.1) is 0 Å². The van der Waals surface area contributed by atoms with Gasteiger partial charge in [0.25, 0.3) is 0 Å². The summed E-state index contributed by atoms with van der Waals surface area (Å²) in [5.74, 6) is -0.0304. The molecule has 1 aromatic carbocycles. The predicted octanol–water partition coefficient (Wildman–Crippen LogP) is 2.10. The summed E-state index contributed by atoms with van der Waals surface area (Å²) >= 11 is 6.16. The number of amides is 1. The van der Waals surface area contributed by atoms with Crippen LogP contribution in [0.4, 0.5) is 0 Å². The van der Waals surface area contributed by atoms with E-state index in [4.69, 9.17) is 22.1 Å². The Kier molecular flexibility index (Phi) is 6.11. The zero-order chi connectivity index (χ0) is 16.9. The highest BCUT2D eigenvalue weighted by Gasteiger charge is 2.31. The molecular weight excluding hydrogens is 326 g/mol. The second kappa shape index (κ2) is 8.30. The van der Waals surface area contributed by atoms with E-state index in [9.17, 15) is 4.79 Å². The quantitative estimate of drug-likeness (QED) is 0.823.